The lowest BCUT2D eigenvalue weighted by molar-refractivity contribution is 0.0583. The van der Waals surface area contributed by atoms with Crippen LogP contribution in [0.25, 0.3) is 0 Å². The van der Waals surface area contributed by atoms with Crippen LogP contribution in [0.5, 0.6) is 0 Å². The van der Waals surface area contributed by atoms with Gasteiger partial charge in [-0.2, -0.15) is 4.31 Å². The number of carbonyl (C=O) groups is 1. The summed E-state index contributed by atoms with van der Waals surface area (Å²) >= 11 is 0. The molecule has 1 amide bonds. The highest BCUT2D eigenvalue weighted by Gasteiger charge is 2.49. The van der Waals surface area contributed by atoms with E-state index in [-0.39, 0.29) is 23.2 Å². The summed E-state index contributed by atoms with van der Waals surface area (Å²) in [6.07, 6.45) is 5.09. The number of carbonyl (C=O) groups excluding carboxylic acids is 1. The first-order valence-electron chi connectivity index (χ1n) is 8.35. The Bertz CT molecular complexity index is 739. The van der Waals surface area contributed by atoms with Gasteiger partial charge in [-0.25, -0.2) is 13.4 Å². The standard InChI is InChI=1S/C15H25N5O4S/c1-18-11-16-13(17-18)14(21)19-6-4-15(5-7-19)8-12(9-24-2)20(10-15)25(3,22)23/h11-12H,4-10H2,1-3H3. The first-order valence-corrected chi connectivity index (χ1v) is 10.2. The number of hydrogen-bond acceptors (Lipinski definition) is 6. The highest BCUT2D eigenvalue weighted by atomic mass is 32.2. The molecule has 2 aliphatic rings. The fourth-order valence-electron chi connectivity index (χ4n) is 3.97. The van der Waals surface area contributed by atoms with Crippen LogP contribution in [0.2, 0.25) is 0 Å². The number of methoxy groups -OCH3 is 1. The molecule has 3 rings (SSSR count). The van der Waals surface area contributed by atoms with Crippen molar-refractivity contribution < 1.29 is 17.9 Å². The van der Waals surface area contributed by atoms with Gasteiger partial charge < -0.3 is 9.64 Å². The summed E-state index contributed by atoms with van der Waals surface area (Å²) in [5, 5.41) is 4.07. The number of nitrogens with zero attached hydrogens (tertiary/aromatic N) is 5. The Balaban J connectivity index is 1.68. The SMILES string of the molecule is COCC1CC2(CCN(C(=O)c3ncn(C)n3)CC2)CN1S(C)(=O)=O. The van der Waals surface area contributed by atoms with Crippen LogP contribution in [0.3, 0.4) is 0 Å². The highest BCUT2D eigenvalue weighted by molar-refractivity contribution is 7.88. The van der Waals surface area contributed by atoms with E-state index in [4.69, 9.17) is 4.74 Å². The number of hydrogen-bond donors (Lipinski definition) is 0. The van der Waals surface area contributed by atoms with Crippen LogP contribution >= 0.6 is 0 Å². The van der Waals surface area contributed by atoms with Crippen LogP contribution in [0.15, 0.2) is 6.33 Å². The molecule has 1 spiro atoms. The molecule has 1 atom stereocenters. The molecule has 0 aliphatic carbocycles. The van der Waals surface area contributed by atoms with Crippen molar-refractivity contribution in [3.05, 3.63) is 12.2 Å². The average Bonchev–Trinajstić information content (AvgIpc) is 3.12. The number of likely N-dealkylation sites (tertiary alicyclic amines) is 1. The van der Waals surface area contributed by atoms with Gasteiger partial charge in [-0.1, -0.05) is 0 Å². The quantitative estimate of drug-likeness (QED) is 0.722. The van der Waals surface area contributed by atoms with Gasteiger partial charge in [-0.05, 0) is 24.7 Å². The second kappa shape index (κ2) is 6.65. The summed E-state index contributed by atoms with van der Waals surface area (Å²) in [5.74, 6) is 0.0433. The molecule has 0 radical (unpaired) electrons. The Morgan fingerprint density at radius 2 is 2.08 bits per heavy atom. The number of piperidine rings is 1. The van der Waals surface area contributed by atoms with E-state index in [9.17, 15) is 13.2 Å². The summed E-state index contributed by atoms with van der Waals surface area (Å²) in [7, 11) is 0.0460. The Morgan fingerprint density at radius 3 is 2.60 bits per heavy atom. The Hall–Kier alpha value is -1.52. The molecule has 0 saturated carbocycles. The monoisotopic (exact) mass is 371 g/mol. The number of amides is 1. The second-order valence-electron chi connectivity index (χ2n) is 7.16. The second-order valence-corrected chi connectivity index (χ2v) is 9.09. The molecule has 25 heavy (non-hydrogen) atoms. The van der Waals surface area contributed by atoms with Crippen molar-refractivity contribution in [3.8, 4) is 0 Å². The zero-order valence-corrected chi connectivity index (χ0v) is 15.7. The fourth-order valence-corrected chi connectivity index (χ4v) is 5.16. The van der Waals surface area contributed by atoms with Gasteiger partial charge >= 0.3 is 0 Å². The lowest BCUT2D eigenvalue weighted by Gasteiger charge is -2.38. The van der Waals surface area contributed by atoms with E-state index < -0.39 is 10.0 Å². The first kappa shape index (κ1) is 18.3. The van der Waals surface area contributed by atoms with E-state index in [1.165, 1.54) is 17.3 Å². The van der Waals surface area contributed by atoms with E-state index in [2.05, 4.69) is 10.1 Å². The van der Waals surface area contributed by atoms with Crippen molar-refractivity contribution in [1.29, 1.82) is 0 Å². The van der Waals surface area contributed by atoms with Crippen LogP contribution in [0, 0.1) is 5.41 Å². The van der Waals surface area contributed by atoms with Gasteiger partial charge in [-0.15, -0.1) is 5.10 Å². The smallest absolute Gasteiger partial charge is 0.293 e. The molecule has 0 N–H and O–H groups in total. The molecular weight excluding hydrogens is 346 g/mol. The first-order chi connectivity index (χ1) is 11.7. The predicted octanol–water partition coefficient (Wildman–Crippen LogP) is -0.282. The normalized spacial score (nSPS) is 24.1. The Kier molecular flexibility index (Phi) is 4.86. The fraction of sp³-hybridized carbons (Fsp3) is 0.800. The molecule has 9 nitrogen and oxygen atoms in total. The minimum atomic E-state index is -3.27. The Morgan fingerprint density at radius 1 is 1.40 bits per heavy atom. The maximum atomic E-state index is 12.5. The van der Waals surface area contributed by atoms with Crippen molar-refractivity contribution in [2.24, 2.45) is 12.5 Å². The molecule has 10 heteroatoms. The predicted molar refractivity (Wildman–Crippen MR) is 90.4 cm³/mol. The van der Waals surface area contributed by atoms with Crippen LogP contribution in [-0.4, -0.2) is 83.9 Å². The van der Waals surface area contributed by atoms with E-state index >= 15 is 0 Å². The minimum absolute atomic E-state index is 0.0827. The molecule has 0 bridgehead atoms. The number of sulfonamides is 1. The molecule has 140 valence electrons. The van der Waals surface area contributed by atoms with E-state index in [1.807, 2.05) is 0 Å². The maximum Gasteiger partial charge on any atom is 0.293 e. The minimum Gasteiger partial charge on any atom is -0.383 e. The van der Waals surface area contributed by atoms with Crippen LogP contribution in [-0.2, 0) is 21.8 Å². The molecular formula is C15H25N5O4S. The average molecular weight is 371 g/mol. The number of ether oxygens (including phenoxy) is 1. The molecule has 1 aromatic heterocycles. The third kappa shape index (κ3) is 3.70. The zero-order chi connectivity index (χ0) is 18.2. The van der Waals surface area contributed by atoms with Gasteiger partial charge in [0.1, 0.15) is 6.33 Å². The van der Waals surface area contributed by atoms with Gasteiger partial charge in [0.05, 0.1) is 12.9 Å². The summed E-state index contributed by atoms with van der Waals surface area (Å²) in [4.78, 5) is 18.2. The van der Waals surface area contributed by atoms with E-state index in [1.54, 1.807) is 23.4 Å². The molecule has 2 saturated heterocycles. The van der Waals surface area contributed by atoms with Crippen molar-refractivity contribution >= 4 is 15.9 Å². The van der Waals surface area contributed by atoms with E-state index in [0.29, 0.717) is 26.2 Å². The molecule has 1 unspecified atom stereocenters. The Labute approximate surface area is 148 Å². The van der Waals surface area contributed by atoms with Crippen LogP contribution < -0.4 is 0 Å². The summed E-state index contributed by atoms with van der Waals surface area (Å²) in [5.41, 5.74) is -0.0827. The topological polar surface area (TPSA) is 97.6 Å². The molecule has 0 aromatic carbocycles. The summed E-state index contributed by atoms with van der Waals surface area (Å²) in [6.45, 7) is 2.09. The van der Waals surface area contributed by atoms with Crippen molar-refractivity contribution in [2.45, 2.75) is 25.3 Å². The zero-order valence-electron chi connectivity index (χ0n) is 14.9. The van der Waals surface area contributed by atoms with E-state index in [0.717, 1.165) is 19.3 Å². The molecule has 3 heterocycles. The summed E-state index contributed by atoms with van der Waals surface area (Å²) < 4.78 is 32.5. The van der Waals surface area contributed by atoms with Gasteiger partial charge in [-0.3, -0.25) is 9.48 Å². The maximum absolute atomic E-state index is 12.5. The lowest BCUT2D eigenvalue weighted by atomic mass is 9.76. The van der Waals surface area contributed by atoms with Gasteiger partial charge in [0.25, 0.3) is 5.91 Å². The van der Waals surface area contributed by atoms with Crippen molar-refractivity contribution in [1.82, 2.24) is 24.0 Å². The largest absolute Gasteiger partial charge is 0.383 e. The number of aromatic nitrogens is 3. The molecule has 2 aliphatic heterocycles. The lowest BCUT2D eigenvalue weighted by Crippen LogP contribution is -2.45. The number of rotatable bonds is 4. The van der Waals surface area contributed by atoms with Crippen molar-refractivity contribution in [3.63, 3.8) is 0 Å². The summed E-state index contributed by atoms with van der Waals surface area (Å²) in [6, 6.07) is -0.125. The van der Waals surface area contributed by atoms with Gasteiger partial charge in [0.15, 0.2) is 0 Å². The molecule has 2 fully saturated rings. The third-order valence-corrected chi connectivity index (χ3v) is 6.53. The van der Waals surface area contributed by atoms with Crippen LogP contribution in [0.4, 0.5) is 0 Å². The van der Waals surface area contributed by atoms with Gasteiger partial charge in [0.2, 0.25) is 15.8 Å². The highest BCUT2D eigenvalue weighted by Crippen LogP contribution is 2.44. The van der Waals surface area contributed by atoms with Crippen LogP contribution in [0.1, 0.15) is 29.9 Å². The third-order valence-electron chi connectivity index (χ3n) is 5.25. The molecule has 1 aromatic rings. The van der Waals surface area contributed by atoms with Crippen molar-refractivity contribution in [2.75, 3.05) is 39.6 Å². The number of aryl methyl sites for hydroxylation is 1. The van der Waals surface area contributed by atoms with Gasteiger partial charge in [0, 0.05) is 39.8 Å².